The third-order valence-corrected chi connectivity index (χ3v) is 2.56. The first-order chi connectivity index (χ1) is 6.56. The molecule has 1 rings (SSSR count). The van der Waals surface area contributed by atoms with Crippen LogP contribution in [0.4, 0.5) is 5.69 Å². The maximum absolute atomic E-state index is 11.6. The van der Waals surface area contributed by atoms with E-state index >= 15 is 0 Å². The molecule has 1 aromatic carbocycles. The SMILES string of the molecule is CCC(=O)c1ccc(Br)cc1N(C)C.Cl. The Bertz CT molecular complexity index is 352. The van der Waals surface area contributed by atoms with Gasteiger partial charge in [-0.1, -0.05) is 22.9 Å². The minimum Gasteiger partial charge on any atom is -0.377 e. The average Bonchev–Trinajstić information content (AvgIpc) is 2.16. The van der Waals surface area contributed by atoms with E-state index in [1.165, 1.54) is 0 Å². The molecule has 0 aliphatic heterocycles. The zero-order valence-corrected chi connectivity index (χ0v) is 11.5. The van der Waals surface area contributed by atoms with Crippen molar-refractivity contribution in [3.63, 3.8) is 0 Å². The van der Waals surface area contributed by atoms with Gasteiger partial charge in [0.05, 0.1) is 0 Å². The van der Waals surface area contributed by atoms with Crippen LogP contribution in [0.1, 0.15) is 23.7 Å². The molecule has 1 aromatic rings. The number of nitrogens with zero attached hydrogens (tertiary/aromatic N) is 1. The van der Waals surface area contributed by atoms with Crippen LogP contribution in [0.2, 0.25) is 0 Å². The number of Topliss-reactive ketones (excluding diaryl/α,β-unsaturated/α-hetero) is 1. The van der Waals surface area contributed by atoms with Gasteiger partial charge >= 0.3 is 0 Å². The van der Waals surface area contributed by atoms with Crippen molar-refractivity contribution in [2.45, 2.75) is 13.3 Å². The molecule has 0 heterocycles. The Balaban J connectivity index is 0.00000196. The van der Waals surface area contributed by atoms with Crippen molar-refractivity contribution in [3.8, 4) is 0 Å². The van der Waals surface area contributed by atoms with Crippen molar-refractivity contribution in [1.82, 2.24) is 0 Å². The van der Waals surface area contributed by atoms with Gasteiger partial charge in [0, 0.05) is 36.2 Å². The lowest BCUT2D eigenvalue weighted by atomic mass is 10.1. The molecule has 0 radical (unpaired) electrons. The van der Waals surface area contributed by atoms with Gasteiger partial charge < -0.3 is 4.90 Å². The van der Waals surface area contributed by atoms with Gasteiger partial charge in [-0.05, 0) is 18.2 Å². The molecule has 0 unspecified atom stereocenters. The molecular formula is C11H15BrClNO. The number of rotatable bonds is 3. The summed E-state index contributed by atoms with van der Waals surface area (Å²) in [5.74, 6) is 0.182. The predicted octanol–water partition coefficient (Wildman–Crippen LogP) is 3.53. The fraction of sp³-hybridized carbons (Fsp3) is 0.364. The molecule has 0 amide bonds. The van der Waals surface area contributed by atoms with Crippen LogP contribution < -0.4 is 4.90 Å². The summed E-state index contributed by atoms with van der Waals surface area (Å²) in [7, 11) is 3.88. The Morgan fingerprint density at radius 1 is 1.40 bits per heavy atom. The topological polar surface area (TPSA) is 20.3 Å². The Hall–Kier alpha value is -0.540. The van der Waals surface area contributed by atoms with E-state index in [4.69, 9.17) is 0 Å². The molecule has 0 saturated carbocycles. The third-order valence-electron chi connectivity index (χ3n) is 2.06. The van der Waals surface area contributed by atoms with Crippen LogP contribution in [0.15, 0.2) is 22.7 Å². The largest absolute Gasteiger partial charge is 0.377 e. The lowest BCUT2D eigenvalue weighted by molar-refractivity contribution is 0.0988. The number of halogens is 2. The zero-order valence-electron chi connectivity index (χ0n) is 9.08. The highest BCUT2D eigenvalue weighted by molar-refractivity contribution is 9.10. The average molecular weight is 293 g/mol. The summed E-state index contributed by atoms with van der Waals surface area (Å²) in [6, 6.07) is 5.73. The number of ketones is 1. The van der Waals surface area contributed by atoms with Crippen molar-refractivity contribution in [2.24, 2.45) is 0 Å². The molecule has 0 aliphatic rings. The van der Waals surface area contributed by atoms with Crippen LogP contribution in [0, 0.1) is 0 Å². The van der Waals surface area contributed by atoms with Crippen molar-refractivity contribution in [1.29, 1.82) is 0 Å². The van der Waals surface area contributed by atoms with Crippen LogP contribution >= 0.6 is 28.3 Å². The van der Waals surface area contributed by atoms with E-state index in [9.17, 15) is 4.79 Å². The monoisotopic (exact) mass is 291 g/mol. The molecule has 2 nitrogen and oxygen atoms in total. The van der Waals surface area contributed by atoms with E-state index < -0.39 is 0 Å². The van der Waals surface area contributed by atoms with Crippen LogP contribution in [0.25, 0.3) is 0 Å². The van der Waals surface area contributed by atoms with Gasteiger partial charge in [-0.2, -0.15) is 0 Å². The van der Waals surface area contributed by atoms with Gasteiger partial charge in [0.2, 0.25) is 0 Å². The van der Waals surface area contributed by atoms with Crippen LogP contribution in [0.5, 0.6) is 0 Å². The van der Waals surface area contributed by atoms with Crippen molar-refractivity contribution < 1.29 is 4.79 Å². The number of carbonyl (C=O) groups is 1. The highest BCUT2D eigenvalue weighted by Crippen LogP contribution is 2.24. The molecule has 0 bridgehead atoms. The van der Waals surface area contributed by atoms with Crippen molar-refractivity contribution in [2.75, 3.05) is 19.0 Å². The van der Waals surface area contributed by atoms with E-state index in [2.05, 4.69) is 15.9 Å². The summed E-state index contributed by atoms with van der Waals surface area (Å²) in [6.07, 6.45) is 0.544. The summed E-state index contributed by atoms with van der Waals surface area (Å²) < 4.78 is 0.994. The number of carbonyl (C=O) groups excluding carboxylic acids is 1. The van der Waals surface area contributed by atoms with Crippen LogP contribution in [0.3, 0.4) is 0 Å². The summed E-state index contributed by atoms with van der Waals surface area (Å²) in [6.45, 7) is 1.88. The number of benzene rings is 1. The second kappa shape index (κ2) is 6.13. The quantitative estimate of drug-likeness (QED) is 0.794. The Kier molecular flexibility index (Phi) is 5.91. The minimum atomic E-state index is 0. The van der Waals surface area contributed by atoms with Gasteiger partial charge in [0.25, 0.3) is 0 Å². The van der Waals surface area contributed by atoms with Gasteiger partial charge in [0.15, 0.2) is 5.78 Å². The van der Waals surface area contributed by atoms with Gasteiger partial charge in [0.1, 0.15) is 0 Å². The molecular weight excluding hydrogens is 277 g/mol. The number of anilines is 1. The van der Waals surface area contributed by atoms with E-state index in [-0.39, 0.29) is 18.2 Å². The maximum Gasteiger partial charge on any atom is 0.164 e. The second-order valence-corrected chi connectivity index (χ2v) is 4.25. The van der Waals surface area contributed by atoms with Gasteiger partial charge in [-0.25, -0.2) is 0 Å². The molecule has 0 saturated heterocycles. The molecule has 4 heteroatoms. The molecule has 0 N–H and O–H groups in total. The Morgan fingerprint density at radius 2 is 2.00 bits per heavy atom. The summed E-state index contributed by atoms with van der Waals surface area (Å²) in [4.78, 5) is 13.6. The summed E-state index contributed by atoms with van der Waals surface area (Å²) in [5.41, 5.74) is 1.76. The van der Waals surface area contributed by atoms with Crippen LogP contribution in [-0.4, -0.2) is 19.9 Å². The van der Waals surface area contributed by atoms with E-state index in [0.717, 1.165) is 15.7 Å². The zero-order chi connectivity index (χ0) is 10.7. The maximum atomic E-state index is 11.6. The molecule has 0 aromatic heterocycles. The lowest BCUT2D eigenvalue weighted by Crippen LogP contribution is -2.13. The molecule has 0 aliphatic carbocycles. The standard InChI is InChI=1S/C11H14BrNO.ClH/c1-4-11(14)9-6-5-8(12)7-10(9)13(2)3;/h5-7H,4H2,1-3H3;1H. The predicted molar refractivity (Wildman–Crippen MR) is 70.3 cm³/mol. The van der Waals surface area contributed by atoms with Crippen LogP contribution in [-0.2, 0) is 0 Å². The molecule has 0 fully saturated rings. The van der Waals surface area contributed by atoms with Crippen molar-refractivity contribution >= 4 is 39.8 Å². The minimum absolute atomic E-state index is 0. The van der Waals surface area contributed by atoms with E-state index in [1.54, 1.807) is 0 Å². The summed E-state index contributed by atoms with van der Waals surface area (Å²) >= 11 is 3.40. The Labute approximate surface area is 105 Å². The fourth-order valence-electron chi connectivity index (χ4n) is 1.30. The van der Waals surface area contributed by atoms with E-state index in [1.807, 2.05) is 44.1 Å². The van der Waals surface area contributed by atoms with Gasteiger partial charge in [-0.15, -0.1) is 12.4 Å². The first-order valence-electron chi connectivity index (χ1n) is 4.56. The van der Waals surface area contributed by atoms with Gasteiger partial charge in [-0.3, -0.25) is 4.79 Å². The number of hydrogen-bond donors (Lipinski definition) is 0. The van der Waals surface area contributed by atoms with E-state index in [0.29, 0.717) is 6.42 Å². The first-order valence-corrected chi connectivity index (χ1v) is 5.35. The second-order valence-electron chi connectivity index (χ2n) is 3.33. The lowest BCUT2D eigenvalue weighted by Gasteiger charge is -2.16. The molecule has 0 spiro atoms. The molecule has 15 heavy (non-hydrogen) atoms. The highest BCUT2D eigenvalue weighted by Gasteiger charge is 2.10. The Morgan fingerprint density at radius 3 is 2.47 bits per heavy atom. The third kappa shape index (κ3) is 3.50. The first kappa shape index (κ1) is 14.5. The normalized spacial score (nSPS) is 9.33. The van der Waals surface area contributed by atoms with Crippen molar-refractivity contribution in [3.05, 3.63) is 28.2 Å². The highest BCUT2D eigenvalue weighted by atomic mass is 79.9. The summed E-state index contributed by atoms with van der Waals surface area (Å²) in [5, 5.41) is 0. The smallest absolute Gasteiger partial charge is 0.164 e. The fourth-order valence-corrected chi connectivity index (χ4v) is 1.65. The molecule has 0 atom stereocenters. The number of hydrogen-bond acceptors (Lipinski definition) is 2. The molecule has 84 valence electrons.